The number of ether oxygens (including phenoxy) is 2. The third-order valence-electron chi connectivity index (χ3n) is 2.02. The van der Waals surface area contributed by atoms with Crippen LogP contribution in [0.3, 0.4) is 0 Å². The summed E-state index contributed by atoms with van der Waals surface area (Å²) in [5.41, 5.74) is -3.57. The summed E-state index contributed by atoms with van der Waals surface area (Å²) in [6, 6.07) is -3.02. The maximum absolute atomic E-state index is 13.6. The monoisotopic (exact) mass is 324 g/mol. The van der Waals surface area contributed by atoms with E-state index in [0.717, 1.165) is 0 Å². The topological polar surface area (TPSA) is 18.5 Å². The molecule has 0 bridgehead atoms. The summed E-state index contributed by atoms with van der Waals surface area (Å²) in [4.78, 5) is 0. The molecule has 20 heavy (non-hydrogen) atoms. The van der Waals surface area contributed by atoms with Crippen LogP contribution in [0.4, 0.5) is 43.9 Å². The van der Waals surface area contributed by atoms with Crippen LogP contribution in [-0.2, 0) is 9.47 Å². The molecule has 0 saturated heterocycles. The molecule has 0 aromatic rings. The second-order valence-electron chi connectivity index (χ2n) is 3.22. The summed E-state index contributed by atoms with van der Waals surface area (Å²) in [5, 5.41) is 0. The second kappa shape index (κ2) is 5.30. The second-order valence-corrected chi connectivity index (χ2v) is 3.22. The molecule has 0 saturated carbocycles. The lowest BCUT2D eigenvalue weighted by molar-refractivity contribution is -0.374. The molecule has 0 N–H and O–H groups in total. The largest absolute Gasteiger partial charge is 0.474 e. The zero-order valence-corrected chi connectivity index (χ0v) is 9.60. The Morgan fingerprint density at radius 2 is 1.20 bits per heavy atom. The zero-order chi connectivity index (χ0) is 16.6. The summed E-state index contributed by atoms with van der Waals surface area (Å²) in [7, 11) is -0.0444. The van der Waals surface area contributed by atoms with Crippen molar-refractivity contribution in [3.05, 3.63) is 11.6 Å². The maximum Gasteiger partial charge on any atom is 0.459 e. The fourth-order valence-corrected chi connectivity index (χ4v) is 1.09. The predicted octanol–water partition coefficient (Wildman–Crippen LogP) is 3.89. The van der Waals surface area contributed by atoms with Crippen LogP contribution in [0, 0.1) is 0 Å². The minimum Gasteiger partial charge on any atom is -0.474 e. The van der Waals surface area contributed by atoms with E-state index in [0.29, 0.717) is 0 Å². The smallest absolute Gasteiger partial charge is 0.459 e. The first-order chi connectivity index (χ1) is 8.66. The fourth-order valence-electron chi connectivity index (χ4n) is 1.09. The molecule has 0 aromatic heterocycles. The normalized spacial score (nSPS) is 18.4. The van der Waals surface area contributed by atoms with Crippen molar-refractivity contribution >= 4 is 0 Å². The highest BCUT2D eigenvalue weighted by molar-refractivity contribution is 5.25. The van der Waals surface area contributed by atoms with Crippen molar-refractivity contribution in [2.45, 2.75) is 24.1 Å². The minimum absolute atomic E-state index is 0.170. The van der Waals surface area contributed by atoms with E-state index in [4.69, 9.17) is 0 Å². The van der Waals surface area contributed by atoms with Crippen LogP contribution in [0.25, 0.3) is 0 Å². The number of hydrogen-bond donors (Lipinski definition) is 0. The lowest BCUT2D eigenvalue weighted by Gasteiger charge is -2.34. The molecule has 0 fully saturated rings. The summed E-state index contributed by atoms with van der Waals surface area (Å²) in [6.07, 6.45) is -13.0. The van der Waals surface area contributed by atoms with Gasteiger partial charge in [0.15, 0.2) is 5.57 Å². The van der Waals surface area contributed by atoms with Crippen molar-refractivity contribution in [1.82, 2.24) is 0 Å². The van der Waals surface area contributed by atoms with Gasteiger partial charge < -0.3 is 9.47 Å². The van der Waals surface area contributed by atoms with Gasteiger partial charge in [-0.1, -0.05) is 0 Å². The maximum atomic E-state index is 13.6. The van der Waals surface area contributed by atoms with Crippen molar-refractivity contribution in [3.63, 3.8) is 0 Å². The van der Waals surface area contributed by atoms with E-state index in [9.17, 15) is 43.9 Å². The van der Waals surface area contributed by atoms with Crippen molar-refractivity contribution in [3.8, 4) is 0 Å². The highest BCUT2D eigenvalue weighted by Gasteiger charge is 2.78. The van der Waals surface area contributed by atoms with Gasteiger partial charge in [0, 0.05) is 7.11 Å². The first-order valence-electron chi connectivity index (χ1n) is 4.36. The van der Waals surface area contributed by atoms with E-state index in [2.05, 4.69) is 9.47 Å². The Balaban J connectivity index is 6.36. The van der Waals surface area contributed by atoms with Gasteiger partial charge in [0.05, 0.1) is 7.11 Å². The van der Waals surface area contributed by atoms with Crippen LogP contribution in [-0.4, -0.2) is 38.3 Å². The Bertz CT molecular complexity index is 382. The molecule has 1 unspecified atom stereocenters. The third-order valence-corrected chi connectivity index (χ3v) is 2.02. The van der Waals surface area contributed by atoms with E-state index >= 15 is 0 Å². The van der Waals surface area contributed by atoms with Gasteiger partial charge in [-0.05, 0) is 0 Å². The average molecular weight is 324 g/mol. The molecular formula is C8H6F10O2. The van der Waals surface area contributed by atoms with Gasteiger partial charge in [-0.15, -0.1) is 0 Å². The van der Waals surface area contributed by atoms with Gasteiger partial charge in [0.2, 0.25) is 0 Å². The molecule has 0 rings (SSSR count). The van der Waals surface area contributed by atoms with Gasteiger partial charge in [0.1, 0.15) is 0 Å². The number of methoxy groups -OCH3 is 2. The van der Waals surface area contributed by atoms with Gasteiger partial charge >= 0.3 is 24.1 Å². The molecule has 12 heteroatoms. The highest BCUT2D eigenvalue weighted by atomic mass is 19.4. The van der Waals surface area contributed by atoms with E-state index in [-0.39, 0.29) is 14.2 Å². The summed E-state index contributed by atoms with van der Waals surface area (Å²) in [6.45, 7) is 0. The molecule has 0 aliphatic heterocycles. The van der Waals surface area contributed by atoms with E-state index in [1.54, 1.807) is 0 Å². The Labute approximate surface area is 104 Å². The lowest BCUT2D eigenvalue weighted by atomic mass is 10.00. The lowest BCUT2D eigenvalue weighted by Crippen LogP contribution is -2.59. The molecule has 0 radical (unpaired) electrons. The molecule has 2 nitrogen and oxygen atoms in total. The highest BCUT2D eigenvalue weighted by Crippen LogP contribution is 2.53. The van der Waals surface area contributed by atoms with Crippen molar-refractivity contribution in [1.29, 1.82) is 0 Å². The summed E-state index contributed by atoms with van der Waals surface area (Å²) >= 11 is 0. The van der Waals surface area contributed by atoms with Crippen LogP contribution in [0.5, 0.6) is 0 Å². The number of hydrogen-bond acceptors (Lipinski definition) is 2. The molecule has 0 heterocycles. The van der Waals surface area contributed by atoms with Crippen LogP contribution >= 0.6 is 0 Å². The molecule has 0 aliphatic carbocycles. The zero-order valence-electron chi connectivity index (χ0n) is 9.60. The van der Waals surface area contributed by atoms with E-state index in [1.165, 1.54) is 0 Å². The molecule has 1 atom stereocenters. The Hall–Kier alpha value is -1.20. The molecule has 0 aliphatic rings. The first-order valence-corrected chi connectivity index (χ1v) is 4.36. The van der Waals surface area contributed by atoms with Crippen LogP contribution in [0.2, 0.25) is 0 Å². The van der Waals surface area contributed by atoms with E-state index in [1.807, 2.05) is 0 Å². The van der Waals surface area contributed by atoms with Gasteiger partial charge in [-0.25, -0.2) is 0 Å². The van der Waals surface area contributed by atoms with Crippen LogP contribution in [0.1, 0.15) is 0 Å². The Morgan fingerprint density at radius 1 is 0.800 bits per heavy atom. The molecule has 0 amide bonds. The SMILES string of the molecule is COC(F)=C(C(F)(F)F)C(F)(OC)C(F)(F)C(F)(F)F. The standard InChI is InChI=1S/C8H6F10O2/c1-19-4(9)3(6(11,12)13)5(10,20-2)7(14,15)8(16,17)18/h1-2H3. The van der Waals surface area contributed by atoms with Crippen molar-refractivity contribution in [2.75, 3.05) is 14.2 Å². The van der Waals surface area contributed by atoms with Crippen molar-refractivity contribution < 1.29 is 53.4 Å². The average Bonchev–Trinajstić information content (AvgIpc) is 2.24. The quantitative estimate of drug-likeness (QED) is 0.577. The summed E-state index contributed by atoms with van der Waals surface area (Å²) in [5.74, 6) is -12.5. The van der Waals surface area contributed by atoms with E-state index < -0.39 is 35.7 Å². The number of halogens is 10. The van der Waals surface area contributed by atoms with Crippen LogP contribution < -0.4 is 0 Å². The third kappa shape index (κ3) is 2.94. The Kier molecular flexibility index (Phi) is 4.98. The Morgan fingerprint density at radius 3 is 1.40 bits per heavy atom. The molecule has 120 valence electrons. The molecular weight excluding hydrogens is 318 g/mol. The number of rotatable bonds is 4. The number of alkyl halides is 9. The van der Waals surface area contributed by atoms with Gasteiger partial charge in [-0.2, -0.15) is 43.9 Å². The predicted molar refractivity (Wildman–Crippen MR) is 43.0 cm³/mol. The fraction of sp³-hybridized carbons (Fsp3) is 0.750. The minimum atomic E-state index is -6.78. The van der Waals surface area contributed by atoms with Crippen LogP contribution in [0.15, 0.2) is 11.6 Å². The van der Waals surface area contributed by atoms with Gasteiger partial charge in [0.25, 0.3) is 6.01 Å². The molecule has 0 spiro atoms. The van der Waals surface area contributed by atoms with Crippen molar-refractivity contribution in [2.24, 2.45) is 0 Å². The molecule has 0 aromatic carbocycles. The van der Waals surface area contributed by atoms with Gasteiger partial charge in [-0.3, -0.25) is 0 Å². The first kappa shape index (κ1) is 18.8. The summed E-state index contributed by atoms with van der Waals surface area (Å²) < 4.78 is 132.